The van der Waals surface area contributed by atoms with Gasteiger partial charge in [-0.05, 0) is 31.1 Å². The summed E-state index contributed by atoms with van der Waals surface area (Å²) in [6.45, 7) is 1.92. The molecule has 2 unspecified atom stereocenters. The summed E-state index contributed by atoms with van der Waals surface area (Å²) in [4.78, 5) is 0. The van der Waals surface area contributed by atoms with Gasteiger partial charge in [0.15, 0.2) is 0 Å². The highest BCUT2D eigenvalue weighted by Gasteiger charge is 2.37. The van der Waals surface area contributed by atoms with Crippen LogP contribution in [0.5, 0.6) is 0 Å². The molecule has 2 fully saturated rings. The zero-order valence-electron chi connectivity index (χ0n) is 11.7. The van der Waals surface area contributed by atoms with E-state index in [-0.39, 0.29) is 0 Å². The van der Waals surface area contributed by atoms with Gasteiger partial charge in [-0.15, -0.1) is 11.6 Å². The number of rotatable bonds is 5. The largest absolute Gasteiger partial charge is 0.281 e. The van der Waals surface area contributed by atoms with E-state index < -0.39 is 10.2 Å². The number of halogens is 1. The van der Waals surface area contributed by atoms with Gasteiger partial charge in [0.1, 0.15) is 0 Å². The molecule has 1 saturated carbocycles. The summed E-state index contributed by atoms with van der Waals surface area (Å²) in [7, 11) is -1.62. The second kappa shape index (κ2) is 6.74. The lowest BCUT2D eigenvalue weighted by molar-refractivity contribution is 0.132. The second-order valence-electron chi connectivity index (χ2n) is 5.82. The standard InChI is InChI=1S/C13H25ClN2O2S/c1-15(9-4-8-14)19(17,18)16-10-7-12-5-2-3-6-13(12)11-16/h12-13H,2-11H2,1H3. The van der Waals surface area contributed by atoms with E-state index in [0.29, 0.717) is 31.3 Å². The maximum absolute atomic E-state index is 12.5. The van der Waals surface area contributed by atoms with Gasteiger partial charge in [-0.3, -0.25) is 0 Å². The molecule has 2 aliphatic rings. The maximum atomic E-state index is 12.5. The Morgan fingerprint density at radius 1 is 1.21 bits per heavy atom. The van der Waals surface area contributed by atoms with Crippen molar-refractivity contribution < 1.29 is 8.42 Å². The van der Waals surface area contributed by atoms with Gasteiger partial charge in [0.25, 0.3) is 10.2 Å². The Hall–Kier alpha value is 0.160. The van der Waals surface area contributed by atoms with Crippen LogP contribution < -0.4 is 0 Å². The van der Waals surface area contributed by atoms with Crippen molar-refractivity contribution in [2.75, 3.05) is 32.6 Å². The fourth-order valence-electron chi connectivity index (χ4n) is 3.37. The van der Waals surface area contributed by atoms with Gasteiger partial charge >= 0.3 is 0 Å². The van der Waals surface area contributed by atoms with Crippen LogP contribution in [0.1, 0.15) is 38.5 Å². The number of hydrogen-bond acceptors (Lipinski definition) is 2. The minimum atomic E-state index is -3.28. The van der Waals surface area contributed by atoms with Crippen molar-refractivity contribution in [3.63, 3.8) is 0 Å². The van der Waals surface area contributed by atoms with Crippen LogP contribution in [0.25, 0.3) is 0 Å². The van der Waals surface area contributed by atoms with E-state index >= 15 is 0 Å². The predicted molar refractivity (Wildman–Crippen MR) is 78.5 cm³/mol. The molecule has 6 heteroatoms. The Kier molecular flexibility index (Phi) is 5.52. The van der Waals surface area contributed by atoms with E-state index in [1.54, 1.807) is 11.4 Å². The third-order valence-electron chi connectivity index (χ3n) is 4.58. The van der Waals surface area contributed by atoms with E-state index in [2.05, 4.69) is 0 Å². The molecule has 0 radical (unpaired) electrons. The van der Waals surface area contributed by atoms with Crippen molar-refractivity contribution in [2.24, 2.45) is 11.8 Å². The van der Waals surface area contributed by atoms with Crippen LogP contribution in [0, 0.1) is 11.8 Å². The zero-order valence-corrected chi connectivity index (χ0v) is 13.3. The molecule has 1 saturated heterocycles. The first-order chi connectivity index (χ1) is 9.05. The van der Waals surface area contributed by atoms with Crippen molar-refractivity contribution in [3.05, 3.63) is 0 Å². The second-order valence-corrected chi connectivity index (χ2v) is 8.24. The Bertz CT molecular complexity index is 388. The Labute approximate surface area is 122 Å². The summed E-state index contributed by atoms with van der Waals surface area (Å²) < 4.78 is 28.1. The van der Waals surface area contributed by atoms with Crippen molar-refractivity contribution in [1.82, 2.24) is 8.61 Å². The average Bonchev–Trinajstić information content (AvgIpc) is 2.44. The minimum Gasteiger partial charge on any atom is -0.195 e. The summed E-state index contributed by atoms with van der Waals surface area (Å²) in [5.41, 5.74) is 0. The van der Waals surface area contributed by atoms with Gasteiger partial charge in [-0.25, -0.2) is 0 Å². The monoisotopic (exact) mass is 308 g/mol. The number of fused-ring (bicyclic) bond motifs is 1. The fraction of sp³-hybridized carbons (Fsp3) is 1.00. The SMILES string of the molecule is CN(CCCCl)S(=O)(=O)N1CCC2CCCCC2C1. The Balaban J connectivity index is 1.97. The molecule has 2 atom stereocenters. The summed E-state index contributed by atoms with van der Waals surface area (Å²) in [5.74, 6) is 1.84. The third-order valence-corrected chi connectivity index (χ3v) is 6.80. The lowest BCUT2D eigenvalue weighted by Gasteiger charge is -2.41. The van der Waals surface area contributed by atoms with Gasteiger partial charge < -0.3 is 0 Å². The first kappa shape index (κ1) is 15.5. The van der Waals surface area contributed by atoms with Crippen LogP contribution in [0.4, 0.5) is 0 Å². The van der Waals surface area contributed by atoms with Gasteiger partial charge in [-0.1, -0.05) is 19.3 Å². The predicted octanol–water partition coefficient (Wildman–Crippen LogP) is 2.30. The summed E-state index contributed by atoms with van der Waals surface area (Å²) in [6, 6.07) is 0. The highest BCUT2D eigenvalue weighted by atomic mass is 35.5. The molecule has 0 spiro atoms. The van der Waals surface area contributed by atoms with Gasteiger partial charge in [0, 0.05) is 32.6 Å². The topological polar surface area (TPSA) is 40.6 Å². The molecular weight excluding hydrogens is 284 g/mol. The van der Waals surface area contributed by atoms with Gasteiger partial charge in [-0.2, -0.15) is 17.0 Å². The number of alkyl halides is 1. The molecule has 1 aliphatic heterocycles. The lowest BCUT2D eigenvalue weighted by atomic mass is 9.76. The number of hydrogen-bond donors (Lipinski definition) is 0. The Morgan fingerprint density at radius 2 is 1.89 bits per heavy atom. The van der Waals surface area contributed by atoms with Crippen LogP contribution in [-0.4, -0.2) is 49.6 Å². The van der Waals surface area contributed by atoms with Crippen molar-refractivity contribution in [2.45, 2.75) is 38.5 Å². The first-order valence-electron chi connectivity index (χ1n) is 7.33. The zero-order chi connectivity index (χ0) is 13.9. The Morgan fingerprint density at radius 3 is 2.58 bits per heavy atom. The van der Waals surface area contributed by atoms with E-state index in [0.717, 1.165) is 18.9 Å². The molecule has 19 heavy (non-hydrogen) atoms. The van der Waals surface area contributed by atoms with Crippen LogP contribution in [0.2, 0.25) is 0 Å². The average molecular weight is 309 g/mol. The van der Waals surface area contributed by atoms with Crippen LogP contribution >= 0.6 is 11.6 Å². The smallest absolute Gasteiger partial charge is 0.195 e. The normalized spacial score (nSPS) is 29.4. The van der Waals surface area contributed by atoms with Gasteiger partial charge in [0.2, 0.25) is 0 Å². The molecule has 0 bridgehead atoms. The first-order valence-corrected chi connectivity index (χ1v) is 9.26. The van der Waals surface area contributed by atoms with Crippen LogP contribution in [-0.2, 0) is 10.2 Å². The van der Waals surface area contributed by atoms with Crippen LogP contribution in [0.3, 0.4) is 0 Å². The van der Waals surface area contributed by atoms with Crippen molar-refractivity contribution in [3.8, 4) is 0 Å². The van der Waals surface area contributed by atoms with Gasteiger partial charge in [0.05, 0.1) is 0 Å². The minimum absolute atomic E-state index is 0.505. The number of nitrogens with zero attached hydrogens (tertiary/aromatic N) is 2. The molecule has 2 rings (SSSR count). The highest BCUT2D eigenvalue weighted by molar-refractivity contribution is 7.86. The molecule has 4 nitrogen and oxygen atoms in total. The highest BCUT2D eigenvalue weighted by Crippen LogP contribution is 2.37. The summed E-state index contributed by atoms with van der Waals surface area (Å²) >= 11 is 5.64. The maximum Gasteiger partial charge on any atom is 0.281 e. The van der Waals surface area contributed by atoms with E-state index in [1.807, 2.05) is 0 Å². The summed E-state index contributed by atoms with van der Waals surface area (Å²) in [5, 5.41) is 0. The van der Waals surface area contributed by atoms with E-state index in [4.69, 9.17) is 11.6 Å². The molecular formula is C13H25ClN2O2S. The molecule has 112 valence electrons. The fourth-order valence-corrected chi connectivity index (χ4v) is 4.96. The molecule has 0 N–H and O–H groups in total. The van der Waals surface area contributed by atoms with Crippen molar-refractivity contribution in [1.29, 1.82) is 0 Å². The molecule has 0 amide bonds. The van der Waals surface area contributed by atoms with E-state index in [9.17, 15) is 8.42 Å². The molecule has 0 aromatic rings. The lowest BCUT2D eigenvalue weighted by Crippen LogP contribution is -2.49. The molecule has 1 aliphatic carbocycles. The third kappa shape index (κ3) is 3.63. The quantitative estimate of drug-likeness (QED) is 0.731. The van der Waals surface area contributed by atoms with Crippen molar-refractivity contribution >= 4 is 21.8 Å². The molecule has 0 aromatic heterocycles. The molecule has 0 aromatic carbocycles. The number of piperidine rings is 1. The molecule has 1 heterocycles. The van der Waals surface area contributed by atoms with E-state index in [1.165, 1.54) is 30.0 Å². The van der Waals surface area contributed by atoms with Crippen LogP contribution in [0.15, 0.2) is 0 Å². The summed E-state index contributed by atoms with van der Waals surface area (Å²) in [6.07, 6.45) is 6.81.